The number of pyridine rings is 2. The van der Waals surface area contributed by atoms with Gasteiger partial charge in [0, 0.05) is 27.7 Å². The van der Waals surface area contributed by atoms with Crippen LogP contribution in [0.15, 0.2) is 200 Å². The maximum Gasteiger partial charge on any atom is 0.146 e. The molecule has 0 spiro atoms. The number of nitrogens with zero attached hydrogens (tertiary/aromatic N) is 5. The van der Waals surface area contributed by atoms with Crippen LogP contribution in [0.4, 0.5) is 0 Å². The zero-order chi connectivity index (χ0) is 38.6. The van der Waals surface area contributed by atoms with Crippen LogP contribution in [0.5, 0.6) is 0 Å². The Hall–Kier alpha value is -8.07. The topological polar surface area (TPSA) is 59.4 Å². The van der Waals surface area contributed by atoms with Gasteiger partial charge in [-0.2, -0.15) is 5.26 Å². The van der Waals surface area contributed by atoms with Gasteiger partial charge in [0.2, 0.25) is 0 Å². The van der Waals surface area contributed by atoms with Crippen molar-refractivity contribution in [1.29, 1.82) is 5.26 Å². The molecule has 0 aliphatic heterocycles. The maximum atomic E-state index is 9.48. The van der Waals surface area contributed by atoms with E-state index in [4.69, 9.17) is 9.97 Å². The van der Waals surface area contributed by atoms with Crippen LogP contribution in [0.2, 0.25) is 0 Å². The average Bonchev–Trinajstić information content (AvgIpc) is 3.82. The van der Waals surface area contributed by atoms with Crippen LogP contribution in [0.3, 0.4) is 0 Å². The summed E-state index contributed by atoms with van der Waals surface area (Å²) in [6, 6.07) is 70.2. The van der Waals surface area contributed by atoms with Gasteiger partial charge in [0.1, 0.15) is 17.3 Å². The lowest BCUT2D eigenvalue weighted by Gasteiger charge is -2.19. The number of nitriles is 1. The van der Waals surface area contributed by atoms with E-state index in [0.29, 0.717) is 5.56 Å². The van der Waals surface area contributed by atoms with Crippen molar-refractivity contribution >= 4 is 43.7 Å². The molecule has 4 aromatic heterocycles. The molecule has 0 N–H and O–H groups in total. The minimum atomic E-state index is 0.643. The third kappa shape index (κ3) is 5.31. The quantitative estimate of drug-likeness (QED) is 0.171. The first-order valence-electron chi connectivity index (χ1n) is 19.4. The molecule has 270 valence electrons. The van der Waals surface area contributed by atoms with E-state index in [0.717, 1.165) is 89.1 Å². The molecule has 0 fully saturated rings. The molecule has 0 unspecified atom stereocenters. The summed E-state index contributed by atoms with van der Waals surface area (Å²) in [7, 11) is 0. The number of aromatic nitrogens is 4. The van der Waals surface area contributed by atoms with Crippen LogP contribution in [-0.4, -0.2) is 19.1 Å². The molecule has 0 amide bonds. The van der Waals surface area contributed by atoms with E-state index in [1.54, 1.807) is 0 Å². The van der Waals surface area contributed by atoms with E-state index in [1.165, 1.54) is 10.8 Å². The summed E-state index contributed by atoms with van der Waals surface area (Å²) in [6.45, 7) is 0. The lowest BCUT2D eigenvalue weighted by atomic mass is 9.86. The van der Waals surface area contributed by atoms with E-state index in [1.807, 2.05) is 36.5 Å². The molecule has 5 nitrogen and oxygen atoms in total. The van der Waals surface area contributed by atoms with Crippen molar-refractivity contribution in [2.75, 3.05) is 0 Å². The number of hydrogen-bond donors (Lipinski definition) is 0. The second kappa shape index (κ2) is 13.6. The molecule has 0 atom stereocenters. The van der Waals surface area contributed by atoms with E-state index >= 15 is 0 Å². The predicted octanol–water partition coefficient (Wildman–Crippen LogP) is 13.2. The summed E-state index contributed by atoms with van der Waals surface area (Å²) in [5.74, 6) is 1.61. The number of rotatable bonds is 6. The molecule has 5 heteroatoms. The second-order valence-corrected chi connectivity index (χ2v) is 14.5. The Balaban J connectivity index is 1.18. The maximum absolute atomic E-state index is 9.48. The van der Waals surface area contributed by atoms with Crippen LogP contribution in [0.25, 0.3) is 99.9 Å². The van der Waals surface area contributed by atoms with Gasteiger partial charge in [0.05, 0.1) is 28.2 Å². The van der Waals surface area contributed by atoms with Crippen molar-refractivity contribution in [3.8, 4) is 62.2 Å². The molecule has 0 radical (unpaired) electrons. The largest absolute Gasteiger partial charge is 0.294 e. The molecule has 0 aliphatic carbocycles. The summed E-state index contributed by atoms with van der Waals surface area (Å²) >= 11 is 0. The normalized spacial score (nSPS) is 11.4. The van der Waals surface area contributed by atoms with Crippen LogP contribution in [-0.2, 0) is 0 Å². The summed E-state index contributed by atoms with van der Waals surface area (Å²) in [4.78, 5) is 10.5. The van der Waals surface area contributed by atoms with Crippen LogP contribution < -0.4 is 0 Å². The Bertz CT molecular complexity index is 3180. The molecule has 0 aliphatic rings. The Morgan fingerprint density at radius 2 is 0.793 bits per heavy atom. The van der Waals surface area contributed by atoms with E-state index < -0.39 is 0 Å². The predicted molar refractivity (Wildman–Crippen MR) is 237 cm³/mol. The van der Waals surface area contributed by atoms with E-state index in [9.17, 15) is 5.26 Å². The highest BCUT2D eigenvalue weighted by Crippen LogP contribution is 2.43. The lowest BCUT2D eigenvalue weighted by molar-refractivity contribution is 1.00. The van der Waals surface area contributed by atoms with E-state index in [2.05, 4.69) is 179 Å². The average molecular weight is 740 g/mol. The molecule has 7 aromatic carbocycles. The first kappa shape index (κ1) is 33.3. The molecule has 58 heavy (non-hydrogen) atoms. The fourth-order valence-corrected chi connectivity index (χ4v) is 8.70. The smallest absolute Gasteiger partial charge is 0.146 e. The van der Waals surface area contributed by atoms with E-state index in [-0.39, 0.29) is 0 Å². The standard InChI is InChI=1S/C53H33N5/c54-34-35-27-29-36(30-28-35)38-14-1-3-16-40(38)42-18-5-6-19-43(42)41-17-4-2-15-39(41)37-32-51(57-48-24-10-7-20-44(48)45-21-8-11-25-49(45)57)56-52(33-37)58-50-26-12-9-22-46(50)47-23-13-31-55-53(47)58/h1-33H. The van der Waals surface area contributed by atoms with Gasteiger partial charge in [-0.15, -0.1) is 0 Å². The van der Waals surface area contributed by atoms with Gasteiger partial charge in [0.25, 0.3) is 0 Å². The Kier molecular flexibility index (Phi) is 7.80. The summed E-state index contributed by atoms with van der Waals surface area (Å²) in [5, 5.41) is 14.1. The SMILES string of the molecule is N#Cc1ccc(-c2ccccc2-c2ccccc2-c2ccccc2-c2cc(-n3c4ccccc4c4ccccc43)nc(-n3c4ccccc4c4cccnc43)c2)cc1. The first-order chi connectivity index (χ1) is 28.7. The van der Waals surface area contributed by atoms with Crippen molar-refractivity contribution < 1.29 is 0 Å². The van der Waals surface area contributed by atoms with Crippen molar-refractivity contribution in [3.05, 3.63) is 206 Å². The van der Waals surface area contributed by atoms with Gasteiger partial charge < -0.3 is 0 Å². The zero-order valence-corrected chi connectivity index (χ0v) is 31.3. The molecule has 0 saturated heterocycles. The highest BCUT2D eigenvalue weighted by molar-refractivity contribution is 6.10. The third-order valence-electron chi connectivity index (χ3n) is 11.3. The lowest BCUT2D eigenvalue weighted by Crippen LogP contribution is -2.05. The summed E-state index contributed by atoms with van der Waals surface area (Å²) in [6.07, 6.45) is 1.86. The van der Waals surface area contributed by atoms with Gasteiger partial charge in [-0.3, -0.25) is 9.13 Å². The molecular formula is C53H33N5. The summed E-state index contributed by atoms with van der Waals surface area (Å²) < 4.78 is 4.50. The minimum absolute atomic E-state index is 0.643. The van der Waals surface area contributed by atoms with Gasteiger partial charge in [-0.1, -0.05) is 140 Å². The molecule has 11 rings (SSSR count). The van der Waals surface area contributed by atoms with Crippen LogP contribution >= 0.6 is 0 Å². The number of hydrogen-bond acceptors (Lipinski definition) is 3. The molecular weight excluding hydrogens is 707 g/mol. The fraction of sp³-hybridized carbons (Fsp3) is 0. The fourth-order valence-electron chi connectivity index (χ4n) is 8.70. The van der Waals surface area contributed by atoms with Gasteiger partial charge in [-0.25, -0.2) is 9.97 Å². The third-order valence-corrected chi connectivity index (χ3v) is 11.3. The van der Waals surface area contributed by atoms with Gasteiger partial charge in [-0.05, 0) is 99.1 Å². The Labute approximate surface area is 335 Å². The van der Waals surface area contributed by atoms with Crippen molar-refractivity contribution in [1.82, 2.24) is 19.1 Å². The van der Waals surface area contributed by atoms with Gasteiger partial charge >= 0.3 is 0 Å². The molecule has 0 bridgehead atoms. The van der Waals surface area contributed by atoms with Gasteiger partial charge in [0.15, 0.2) is 0 Å². The van der Waals surface area contributed by atoms with Crippen molar-refractivity contribution in [2.45, 2.75) is 0 Å². The van der Waals surface area contributed by atoms with Crippen molar-refractivity contribution in [3.63, 3.8) is 0 Å². The summed E-state index contributed by atoms with van der Waals surface area (Å²) in [5.41, 5.74) is 13.5. The first-order valence-corrected chi connectivity index (χ1v) is 19.4. The highest BCUT2D eigenvalue weighted by atomic mass is 15.2. The Morgan fingerprint density at radius 1 is 0.379 bits per heavy atom. The minimum Gasteiger partial charge on any atom is -0.294 e. The number of benzene rings is 7. The second-order valence-electron chi connectivity index (χ2n) is 14.5. The molecule has 0 saturated carbocycles. The Morgan fingerprint density at radius 3 is 1.34 bits per heavy atom. The highest BCUT2D eigenvalue weighted by Gasteiger charge is 2.21. The van der Waals surface area contributed by atoms with Crippen molar-refractivity contribution in [2.24, 2.45) is 0 Å². The molecule has 4 heterocycles. The monoisotopic (exact) mass is 739 g/mol. The molecule has 11 aromatic rings. The van der Waals surface area contributed by atoms with Crippen LogP contribution in [0, 0.1) is 11.3 Å². The van der Waals surface area contributed by atoms with Crippen LogP contribution in [0.1, 0.15) is 5.56 Å². The zero-order valence-electron chi connectivity index (χ0n) is 31.3. The number of para-hydroxylation sites is 3. The number of fused-ring (bicyclic) bond motifs is 6.